The lowest BCUT2D eigenvalue weighted by Crippen LogP contribution is -2.28. The molecule has 4 heteroatoms. The summed E-state index contributed by atoms with van der Waals surface area (Å²) in [6, 6.07) is 5.44. The molecule has 0 saturated heterocycles. The second kappa shape index (κ2) is 6.30. The number of nitrogens with one attached hydrogen (secondary N) is 1. The summed E-state index contributed by atoms with van der Waals surface area (Å²) in [6.45, 7) is 4.93. The average molecular weight is 302 g/mol. The Morgan fingerprint density at radius 1 is 1.56 bits per heavy atom. The standard InChI is InChI=1S/C12H16BrNOS/c1-3-8(2)7-14-12(15)10-5-4-9(13)6-11(10)16/h4-6,8,16H,3,7H2,1-2H3,(H,14,15). The predicted molar refractivity (Wildman–Crippen MR) is 73.2 cm³/mol. The number of hydrogen-bond acceptors (Lipinski definition) is 2. The molecule has 2 nitrogen and oxygen atoms in total. The van der Waals surface area contributed by atoms with E-state index in [9.17, 15) is 4.79 Å². The molecule has 0 aromatic heterocycles. The molecule has 0 heterocycles. The molecular formula is C12H16BrNOS. The van der Waals surface area contributed by atoms with Gasteiger partial charge in [-0.15, -0.1) is 12.6 Å². The maximum Gasteiger partial charge on any atom is 0.252 e. The average Bonchev–Trinajstić information content (AvgIpc) is 2.25. The van der Waals surface area contributed by atoms with E-state index in [4.69, 9.17) is 0 Å². The summed E-state index contributed by atoms with van der Waals surface area (Å²) in [5, 5.41) is 2.91. The van der Waals surface area contributed by atoms with Crippen molar-refractivity contribution in [1.29, 1.82) is 0 Å². The molecule has 16 heavy (non-hydrogen) atoms. The van der Waals surface area contributed by atoms with Crippen LogP contribution < -0.4 is 5.32 Å². The summed E-state index contributed by atoms with van der Waals surface area (Å²) in [5.41, 5.74) is 0.620. The summed E-state index contributed by atoms with van der Waals surface area (Å²) >= 11 is 7.62. The lowest BCUT2D eigenvalue weighted by Gasteiger charge is -2.11. The fraction of sp³-hybridized carbons (Fsp3) is 0.417. The van der Waals surface area contributed by atoms with Gasteiger partial charge in [0.05, 0.1) is 5.56 Å². The normalized spacial score (nSPS) is 12.2. The summed E-state index contributed by atoms with van der Waals surface area (Å²) in [6.07, 6.45) is 1.06. The third-order valence-electron chi connectivity index (χ3n) is 2.51. The van der Waals surface area contributed by atoms with E-state index in [-0.39, 0.29) is 5.91 Å². The molecule has 1 unspecified atom stereocenters. The zero-order chi connectivity index (χ0) is 12.1. The van der Waals surface area contributed by atoms with E-state index in [2.05, 4.69) is 47.7 Å². The lowest BCUT2D eigenvalue weighted by molar-refractivity contribution is 0.0945. The number of rotatable bonds is 4. The molecule has 0 aliphatic rings. The fourth-order valence-electron chi connectivity index (χ4n) is 1.20. The summed E-state index contributed by atoms with van der Waals surface area (Å²) in [5.74, 6) is 0.445. The number of carbonyl (C=O) groups is 1. The highest BCUT2D eigenvalue weighted by molar-refractivity contribution is 9.10. The van der Waals surface area contributed by atoms with Crippen molar-refractivity contribution in [2.45, 2.75) is 25.2 Å². The topological polar surface area (TPSA) is 29.1 Å². The van der Waals surface area contributed by atoms with Gasteiger partial charge in [-0.25, -0.2) is 0 Å². The highest BCUT2D eigenvalue weighted by Gasteiger charge is 2.10. The Labute approximate surface area is 110 Å². The van der Waals surface area contributed by atoms with E-state index in [0.717, 1.165) is 10.9 Å². The predicted octanol–water partition coefficient (Wildman–Crippen LogP) is 3.51. The van der Waals surface area contributed by atoms with Crippen LogP contribution >= 0.6 is 28.6 Å². The molecule has 1 aromatic rings. The van der Waals surface area contributed by atoms with Crippen molar-refractivity contribution >= 4 is 34.5 Å². The summed E-state index contributed by atoms with van der Waals surface area (Å²) in [7, 11) is 0. The number of halogens is 1. The first kappa shape index (κ1) is 13.6. The number of hydrogen-bond donors (Lipinski definition) is 2. The van der Waals surface area contributed by atoms with Crippen LogP contribution in [0.15, 0.2) is 27.6 Å². The van der Waals surface area contributed by atoms with E-state index in [1.54, 1.807) is 6.07 Å². The van der Waals surface area contributed by atoms with E-state index in [1.165, 1.54) is 0 Å². The van der Waals surface area contributed by atoms with Crippen molar-refractivity contribution in [1.82, 2.24) is 5.32 Å². The first-order valence-electron chi connectivity index (χ1n) is 5.31. The minimum absolute atomic E-state index is 0.0576. The first-order chi connectivity index (χ1) is 7.54. The largest absolute Gasteiger partial charge is 0.352 e. The molecule has 0 radical (unpaired) electrons. The molecule has 0 aliphatic heterocycles. The zero-order valence-electron chi connectivity index (χ0n) is 9.46. The molecule has 1 N–H and O–H groups in total. The number of carbonyl (C=O) groups excluding carboxylic acids is 1. The molecule has 0 aliphatic carbocycles. The van der Waals surface area contributed by atoms with Gasteiger partial charge in [0.25, 0.3) is 5.91 Å². The van der Waals surface area contributed by atoms with E-state index >= 15 is 0 Å². The molecule has 1 atom stereocenters. The maximum atomic E-state index is 11.8. The van der Waals surface area contributed by atoms with Crippen LogP contribution in [0.3, 0.4) is 0 Å². The molecule has 88 valence electrons. The highest BCUT2D eigenvalue weighted by Crippen LogP contribution is 2.19. The SMILES string of the molecule is CCC(C)CNC(=O)c1ccc(Br)cc1S. The van der Waals surface area contributed by atoms with Gasteiger partial charge in [-0.1, -0.05) is 36.2 Å². The van der Waals surface area contributed by atoms with Gasteiger partial charge in [0, 0.05) is 15.9 Å². The van der Waals surface area contributed by atoms with Crippen molar-refractivity contribution in [3.63, 3.8) is 0 Å². The molecule has 0 fully saturated rings. The Bertz CT molecular complexity index is 381. The van der Waals surface area contributed by atoms with Gasteiger partial charge in [-0.2, -0.15) is 0 Å². The van der Waals surface area contributed by atoms with E-state index in [0.29, 0.717) is 22.9 Å². The van der Waals surface area contributed by atoms with Crippen LogP contribution in [0.5, 0.6) is 0 Å². The quantitative estimate of drug-likeness (QED) is 0.819. The van der Waals surface area contributed by atoms with Gasteiger partial charge in [0.15, 0.2) is 0 Å². The van der Waals surface area contributed by atoms with Gasteiger partial charge in [0.1, 0.15) is 0 Å². The molecule has 0 saturated carbocycles. The van der Waals surface area contributed by atoms with Gasteiger partial charge < -0.3 is 5.32 Å². The van der Waals surface area contributed by atoms with Crippen molar-refractivity contribution in [2.24, 2.45) is 5.92 Å². The second-order valence-electron chi connectivity index (χ2n) is 3.88. The summed E-state index contributed by atoms with van der Waals surface area (Å²) < 4.78 is 0.927. The zero-order valence-corrected chi connectivity index (χ0v) is 11.9. The van der Waals surface area contributed by atoms with Crippen molar-refractivity contribution in [2.75, 3.05) is 6.54 Å². The first-order valence-corrected chi connectivity index (χ1v) is 6.55. The minimum atomic E-state index is -0.0576. The number of benzene rings is 1. The Morgan fingerprint density at radius 3 is 2.81 bits per heavy atom. The van der Waals surface area contributed by atoms with Crippen LogP contribution in [0.1, 0.15) is 30.6 Å². The molecule has 1 aromatic carbocycles. The van der Waals surface area contributed by atoms with Gasteiger partial charge in [0.2, 0.25) is 0 Å². The Hall–Kier alpha value is -0.480. The molecule has 0 bridgehead atoms. The fourth-order valence-corrected chi connectivity index (χ4v) is 2.06. The van der Waals surface area contributed by atoms with Crippen LogP contribution in [0.25, 0.3) is 0 Å². The van der Waals surface area contributed by atoms with Crippen LogP contribution in [0.4, 0.5) is 0 Å². The van der Waals surface area contributed by atoms with Crippen LogP contribution in [-0.2, 0) is 0 Å². The van der Waals surface area contributed by atoms with Crippen molar-refractivity contribution in [3.05, 3.63) is 28.2 Å². The van der Waals surface area contributed by atoms with Crippen molar-refractivity contribution in [3.8, 4) is 0 Å². The van der Waals surface area contributed by atoms with Gasteiger partial charge >= 0.3 is 0 Å². The van der Waals surface area contributed by atoms with E-state index in [1.807, 2.05) is 12.1 Å². The minimum Gasteiger partial charge on any atom is -0.352 e. The number of amides is 1. The Morgan fingerprint density at radius 2 is 2.25 bits per heavy atom. The van der Waals surface area contributed by atoms with Crippen LogP contribution in [0, 0.1) is 5.92 Å². The molecular weight excluding hydrogens is 286 g/mol. The van der Waals surface area contributed by atoms with Crippen LogP contribution in [-0.4, -0.2) is 12.5 Å². The van der Waals surface area contributed by atoms with Gasteiger partial charge in [-0.3, -0.25) is 4.79 Å². The molecule has 1 rings (SSSR count). The third kappa shape index (κ3) is 3.83. The Kier molecular flexibility index (Phi) is 5.35. The van der Waals surface area contributed by atoms with E-state index < -0.39 is 0 Å². The second-order valence-corrected chi connectivity index (χ2v) is 5.28. The van der Waals surface area contributed by atoms with Gasteiger partial charge in [-0.05, 0) is 24.1 Å². The monoisotopic (exact) mass is 301 g/mol. The Balaban J connectivity index is 2.66. The highest BCUT2D eigenvalue weighted by atomic mass is 79.9. The molecule has 0 spiro atoms. The summed E-state index contributed by atoms with van der Waals surface area (Å²) in [4.78, 5) is 12.5. The van der Waals surface area contributed by atoms with Crippen LogP contribution in [0.2, 0.25) is 0 Å². The maximum absolute atomic E-state index is 11.8. The molecule has 1 amide bonds. The lowest BCUT2D eigenvalue weighted by atomic mass is 10.1. The van der Waals surface area contributed by atoms with Crippen molar-refractivity contribution < 1.29 is 4.79 Å². The third-order valence-corrected chi connectivity index (χ3v) is 3.38. The number of thiol groups is 1. The smallest absolute Gasteiger partial charge is 0.252 e.